The summed E-state index contributed by atoms with van der Waals surface area (Å²) in [7, 11) is 0. The van der Waals surface area contributed by atoms with Gasteiger partial charge in [-0.05, 0) is 43.6 Å². The van der Waals surface area contributed by atoms with E-state index in [2.05, 4.69) is 45.0 Å². The van der Waals surface area contributed by atoms with Gasteiger partial charge in [0.15, 0.2) is 0 Å². The van der Waals surface area contributed by atoms with Gasteiger partial charge in [0.25, 0.3) is 0 Å². The first-order valence-corrected chi connectivity index (χ1v) is 9.06. The van der Waals surface area contributed by atoms with Crippen LogP contribution in [0.4, 0.5) is 4.79 Å². The Hall–Kier alpha value is -2.37. The van der Waals surface area contributed by atoms with Gasteiger partial charge in [0.2, 0.25) is 0 Å². The number of hydrogen-bond donors (Lipinski definition) is 2. The van der Waals surface area contributed by atoms with Crippen molar-refractivity contribution in [2.45, 2.75) is 51.6 Å². The van der Waals surface area contributed by atoms with Crippen molar-refractivity contribution < 1.29 is 4.79 Å². The van der Waals surface area contributed by atoms with E-state index in [1.165, 1.54) is 31.2 Å². The van der Waals surface area contributed by atoms with Gasteiger partial charge in [-0.15, -0.1) is 0 Å². The van der Waals surface area contributed by atoms with Gasteiger partial charge in [-0.2, -0.15) is 5.10 Å². The molecule has 0 aliphatic heterocycles. The lowest BCUT2D eigenvalue weighted by Crippen LogP contribution is -2.48. The summed E-state index contributed by atoms with van der Waals surface area (Å²) >= 11 is 0. The molecule has 6 heteroatoms. The molecule has 2 aromatic rings. The molecule has 6 nitrogen and oxygen atoms in total. The van der Waals surface area contributed by atoms with Crippen molar-refractivity contribution in [1.29, 1.82) is 0 Å². The van der Waals surface area contributed by atoms with Crippen molar-refractivity contribution in [2.75, 3.05) is 6.54 Å². The van der Waals surface area contributed by atoms with E-state index in [-0.39, 0.29) is 17.5 Å². The lowest BCUT2D eigenvalue weighted by Gasteiger charge is -2.42. The zero-order chi connectivity index (χ0) is 17.5. The van der Waals surface area contributed by atoms with Crippen LogP contribution in [0, 0.1) is 5.41 Å². The number of nitrogens with zero attached hydrogens (tertiary/aromatic N) is 3. The van der Waals surface area contributed by atoms with Crippen molar-refractivity contribution >= 4 is 6.03 Å². The summed E-state index contributed by atoms with van der Waals surface area (Å²) in [6.07, 6.45) is 8.70. The van der Waals surface area contributed by atoms with Gasteiger partial charge in [0.1, 0.15) is 12.7 Å². The Bertz CT molecular complexity index is 652. The Morgan fingerprint density at radius 2 is 2.12 bits per heavy atom. The zero-order valence-corrected chi connectivity index (χ0v) is 14.8. The second kappa shape index (κ2) is 8.14. The zero-order valence-electron chi connectivity index (χ0n) is 14.8. The maximum Gasteiger partial charge on any atom is 0.315 e. The number of urea groups is 1. The first-order valence-electron chi connectivity index (χ1n) is 9.06. The normalized spacial score (nSPS) is 16.7. The lowest BCUT2D eigenvalue weighted by atomic mass is 9.65. The molecule has 1 saturated carbocycles. The van der Waals surface area contributed by atoms with Gasteiger partial charge in [0.05, 0.1) is 0 Å². The van der Waals surface area contributed by atoms with Crippen molar-refractivity contribution in [1.82, 2.24) is 25.4 Å². The minimum absolute atomic E-state index is 0.0783. The van der Waals surface area contributed by atoms with E-state index in [1.807, 2.05) is 13.0 Å². The summed E-state index contributed by atoms with van der Waals surface area (Å²) in [5, 5.41) is 10.2. The molecule has 3 rings (SSSR count). The highest BCUT2D eigenvalue weighted by Crippen LogP contribution is 2.43. The molecule has 0 spiro atoms. The molecular formula is C19H27N5O. The van der Waals surface area contributed by atoms with Crippen LogP contribution in [0.3, 0.4) is 0 Å². The van der Waals surface area contributed by atoms with Crippen LogP contribution in [-0.2, 0) is 13.0 Å². The number of amides is 2. The van der Waals surface area contributed by atoms with Gasteiger partial charge >= 0.3 is 6.03 Å². The molecule has 1 heterocycles. The van der Waals surface area contributed by atoms with Gasteiger partial charge in [-0.3, -0.25) is 4.68 Å². The third-order valence-corrected chi connectivity index (χ3v) is 5.10. The molecule has 0 saturated heterocycles. The molecule has 0 bridgehead atoms. The number of nitrogens with one attached hydrogen (secondary N) is 2. The van der Waals surface area contributed by atoms with Crippen LogP contribution in [0.15, 0.2) is 43.0 Å². The number of benzene rings is 1. The van der Waals surface area contributed by atoms with Crippen LogP contribution in [0.2, 0.25) is 0 Å². The summed E-state index contributed by atoms with van der Waals surface area (Å²) in [6.45, 7) is 3.50. The molecule has 1 aliphatic carbocycles. The highest BCUT2D eigenvalue weighted by atomic mass is 16.2. The summed E-state index contributed by atoms with van der Waals surface area (Å²) in [6, 6.07) is 10.6. The van der Waals surface area contributed by atoms with Crippen LogP contribution in [0.5, 0.6) is 0 Å². The fraction of sp³-hybridized carbons (Fsp3) is 0.526. The first kappa shape index (κ1) is 17.5. The molecule has 0 radical (unpaired) electrons. The fourth-order valence-electron chi connectivity index (χ4n) is 3.41. The van der Waals surface area contributed by atoms with E-state index >= 15 is 0 Å². The third kappa shape index (κ3) is 5.05. The van der Waals surface area contributed by atoms with E-state index in [0.717, 1.165) is 25.9 Å². The predicted octanol–water partition coefficient (Wildman–Crippen LogP) is 2.77. The summed E-state index contributed by atoms with van der Waals surface area (Å²) < 4.78 is 1.78. The summed E-state index contributed by atoms with van der Waals surface area (Å²) in [5.41, 5.74) is 1.58. The highest BCUT2D eigenvalue weighted by Gasteiger charge is 2.37. The number of rotatable bonds is 8. The summed E-state index contributed by atoms with van der Waals surface area (Å²) in [4.78, 5) is 16.1. The molecule has 1 aromatic carbocycles. The van der Waals surface area contributed by atoms with E-state index in [0.29, 0.717) is 0 Å². The number of aryl methyl sites for hydroxylation is 1. The number of aromatic nitrogens is 3. The smallest absolute Gasteiger partial charge is 0.315 e. The maximum absolute atomic E-state index is 12.2. The Morgan fingerprint density at radius 1 is 1.32 bits per heavy atom. The molecule has 1 unspecified atom stereocenters. The average molecular weight is 341 g/mol. The molecule has 25 heavy (non-hydrogen) atoms. The molecule has 1 fully saturated rings. The standard InChI is InChI=1S/C19H27N5O/c1-16(8-11-24-15-20-14-22-24)23-18(25)21-13-19(9-5-10-19)12-17-6-3-2-4-7-17/h2-4,6-7,14-16H,5,8-13H2,1H3,(H2,21,23,25). The van der Waals surface area contributed by atoms with Gasteiger partial charge in [-0.1, -0.05) is 36.8 Å². The second-order valence-electron chi connectivity index (χ2n) is 7.19. The van der Waals surface area contributed by atoms with Gasteiger partial charge in [0, 0.05) is 19.1 Å². The van der Waals surface area contributed by atoms with E-state index in [9.17, 15) is 4.79 Å². The first-order chi connectivity index (χ1) is 12.2. The summed E-state index contributed by atoms with van der Waals surface area (Å²) in [5.74, 6) is 0. The Labute approximate surface area is 149 Å². The number of carbonyl (C=O) groups is 1. The molecule has 2 amide bonds. The number of carbonyl (C=O) groups excluding carboxylic acids is 1. The Morgan fingerprint density at radius 3 is 2.76 bits per heavy atom. The van der Waals surface area contributed by atoms with E-state index in [4.69, 9.17) is 0 Å². The largest absolute Gasteiger partial charge is 0.338 e. The predicted molar refractivity (Wildman–Crippen MR) is 97.1 cm³/mol. The molecule has 134 valence electrons. The highest BCUT2D eigenvalue weighted by molar-refractivity contribution is 5.74. The molecule has 1 atom stereocenters. The third-order valence-electron chi connectivity index (χ3n) is 5.10. The number of hydrogen-bond acceptors (Lipinski definition) is 3. The van der Waals surface area contributed by atoms with Crippen molar-refractivity contribution in [3.63, 3.8) is 0 Å². The Kier molecular flexibility index (Phi) is 5.68. The van der Waals surface area contributed by atoms with Crippen LogP contribution < -0.4 is 10.6 Å². The van der Waals surface area contributed by atoms with Crippen LogP contribution in [0.25, 0.3) is 0 Å². The minimum Gasteiger partial charge on any atom is -0.338 e. The van der Waals surface area contributed by atoms with E-state index < -0.39 is 0 Å². The van der Waals surface area contributed by atoms with Crippen LogP contribution in [0.1, 0.15) is 38.2 Å². The minimum atomic E-state index is -0.0783. The quantitative estimate of drug-likeness (QED) is 0.775. The molecule has 1 aromatic heterocycles. The van der Waals surface area contributed by atoms with E-state index in [1.54, 1.807) is 11.0 Å². The van der Waals surface area contributed by atoms with Crippen molar-refractivity contribution in [2.24, 2.45) is 5.41 Å². The lowest BCUT2D eigenvalue weighted by molar-refractivity contribution is 0.131. The Balaban J connectivity index is 1.41. The maximum atomic E-state index is 12.2. The van der Waals surface area contributed by atoms with Crippen LogP contribution in [-0.4, -0.2) is 33.4 Å². The van der Waals surface area contributed by atoms with Gasteiger partial charge in [-0.25, -0.2) is 9.78 Å². The average Bonchev–Trinajstić information content (AvgIpc) is 3.10. The molecule has 2 N–H and O–H groups in total. The molecule has 1 aliphatic rings. The molecular weight excluding hydrogens is 314 g/mol. The van der Waals surface area contributed by atoms with Crippen LogP contribution >= 0.6 is 0 Å². The van der Waals surface area contributed by atoms with Crippen molar-refractivity contribution in [3.8, 4) is 0 Å². The van der Waals surface area contributed by atoms with Crippen molar-refractivity contribution in [3.05, 3.63) is 48.5 Å². The second-order valence-corrected chi connectivity index (χ2v) is 7.19. The SMILES string of the molecule is CC(CCn1cncn1)NC(=O)NCC1(Cc2ccccc2)CCC1. The monoisotopic (exact) mass is 341 g/mol. The fourth-order valence-corrected chi connectivity index (χ4v) is 3.41. The topological polar surface area (TPSA) is 71.8 Å². The van der Waals surface area contributed by atoms with Gasteiger partial charge < -0.3 is 10.6 Å².